The number of aliphatic hydroxyl groups excluding tert-OH is 2. The van der Waals surface area contributed by atoms with Crippen molar-refractivity contribution < 1.29 is 24.9 Å². The normalized spacial score (nSPS) is 11.4. The van der Waals surface area contributed by atoms with E-state index in [9.17, 15) is 9.59 Å². The predicted molar refractivity (Wildman–Crippen MR) is 149 cm³/mol. The third-order valence-electron chi connectivity index (χ3n) is 6.00. The first-order valence-corrected chi connectivity index (χ1v) is 13.8. The van der Waals surface area contributed by atoms with Gasteiger partial charge in [0.2, 0.25) is 5.95 Å². The van der Waals surface area contributed by atoms with Crippen molar-refractivity contribution in [3.63, 3.8) is 0 Å². The Labute approximate surface area is 225 Å². The molecule has 0 fully saturated rings. The summed E-state index contributed by atoms with van der Waals surface area (Å²) in [5.41, 5.74) is 5.43. The van der Waals surface area contributed by atoms with Gasteiger partial charge in [0.25, 0.3) is 5.56 Å². The van der Waals surface area contributed by atoms with Crippen LogP contribution in [-0.4, -0.2) is 60.1 Å². The number of aromatic amines is 1. The molecule has 0 aliphatic carbocycles. The number of nitrogens with one attached hydrogen (secondary N) is 1. The van der Waals surface area contributed by atoms with Crippen LogP contribution in [0.15, 0.2) is 23.3 Å². The van der Waals surface area contributed by atoms with E-state index in [0.717, 1.165) is 12.8 Å². The first-order valence-electron chi connectivity index (χ1n) is 13.8. The molecular formula is C27H47N5O6. The number of carboxylic acid groups (broad SMARTS) is 1. The summed E-state index contributed by atoms with van der Waals surface area (Å²) >= 11 is 0. The smallest absolute Gasteiger partial charge is 0.303 e. The molecule has 0 bridgehead atoms. The number of H-pyrrole nitrogens is 1. The summed E-state index contributed by atoms with van der Waals surface area (Å²) < 4.78 is 6.66. The zero-order valence-corrected chi connectivity index (χ0v) is 22.8. The number of hydrogen-bond donors (Lipinski definition) is 5. The number of nitrogen functional groups attached to an aromatic ring is 1. The molecule has 0 saturated carbocycles. The summed E-state index contributed by atoms with van der Waals surface area (Å²) in [5, 5.41) is 26.2. The number of rotatable bonds is 20. The molecule has 38 heavy (non-hydrogen) atoms. The van der Waals surface area contributed by atoms with Gasteiger partial charge in [-0.3, -0.25) is 19.1 Å². The number of carbonyl (C=O) groups is 1. The van der Waals surface area contributed by atoms with Crippen molar-refractivity contribution in [1.82, 2.24) is 19.5 Å². The molecule has 2 rings (SSSR count). The Morgan fingerprint density at radius 2 is 1.61 bits per heavy atom. The quantitative estimate of drug-likeness (QED) is 0.123. The lowest BCUT2D eigenvalue weighted by atomic mass is 10.1. The molecule has 0 spiro atoms. The van der Waals surface area contributed by atoms with E-state index >= 15 is 0 Å². The van der Waals surface area contributed by atoms with Crippen molar-refractivity contribution in [2.75, 3.05) is 18.9 Å². The number of nitrogens with two attached hydrogens (primary N) is 1. The number of unbranched alkanes of at least 4 members (excludes halogenated alkanes) is 11. The number of carboxylic acids is 1. The van der Waals surface area contributed by atoms with Crippen LogP contribution in [0.1, 0.15) is 96.8 Å². The molecule has 216 valence electrons. The average molecular weight is 538 g/mol. The SMILES string of the molecule is CCCCCCCC/C=C/CCCCCCCC(=O)O.Nc1nc2c(ncn2COC(CO)CO)c(=O)[nH]1. The standard InChI is InChI=1S/C18H34O2.C9H13N5O4/c1-2-3-4-5-6-7-8-9-10-11-12-13-14-15-16-17-18(19)20;10-9-12-7-6(8(17)13-9)11-3-14(7)4-18-5(1-15)2-16/h9-10H,2-8,11-17H2,1H3,(H,19,20);3,5,15-16H,1-2,4H2,(H3,10,12,13,17)/b10-9+;. The van der Waals surface area contributed by atoms with Crippen LogP contribution in [0.25, 0.3) is 11.2 Å². The van der Waals surface area contributed by atoms with Gasteiger partial charge in [-0.25, -0.2) is 4.98 Å². The summed E-state index contributed by atoms with van der Waals surface area (Å²) in [7, 11) is 0. The number of nitrogens with zero attached hydrogens (tertiary/aromatic N) is 3. The Hall–Kier alpha value is -2.76. The minimum Gasteiger partial charge on any atom is -0.481 e. The fourth-order valence-corrected chi connectivity index (χ4v) is 3.76. The van der Waals surface area contributed by atoms with Crippen molar-refractivity contribution in [2.24, 2.45) is 0 Å². The van der Waals surface area contributed by atoms with Gasteiger partial charge < -0.3 is 25.8 Å². The molecule has 0 saturated heterocycles. The number of allylic oxidation sites excluding steroid dienone is 2. The number of aromatic nitrogens is 4. The number of ether oxygens (including phenoxy) is 1. The second kappa shape index (κ2) is 21.2. The molecular weight excluding hydrogens is 490 g/mol. The fraction of sp³-hybridized carbons (Fsp3) is 0.704. The average Bonchev–Trinajstić information content (AvgIpc) is 3.30. The maximum absolute atomic E-state index is 11.5. The highest BCUT2D eigenvalue weighted by atomic mass is 16.5. The van der Waals surface area contributed by atoms with Crippen LogP contribution in [0.4, 0.5) is 5.95 Å². The van der Waals surface area contributed by atoms with E-state index in [0.29, 0.717) is 6.42 Å². The lowest BCUT2D eigenvalue weighted by Crippen LogP contribution is -2.23. The summed E-state index contributed by atoms with van der Waals surface area (Å²) in [6.45, 7) is 1.64. The lowest BCUT2D eigenvalue weighted by Gasteiger charge is -2.12. The Kier molecular flexibility index (Phi) is 18.6. The Morgan fingerprint density at radius 1 is 1.03 bits per heavy atom. The van der Waals surface area contributed by atoms with Gasteiger partial charge in [0.1, 0.15) is 12.8 Å². The predicted octanol–water partition coefficient (Wildman–Crippen LogP) is 4.14. The minimum absolute atomic E-state index is 0.00181. The molecule has 2 aromatic rings. The molecule has 0 aromatic carbocycles. The van der Waals surface area contributed by atoms with Crippen molar-refractivity contribution in [1.29, 1.82) is 0 Å². The van der Waals surface area contributed by atoms with Crippen molar-refractivity contribution in [2.45, 2.75) is 110 Å². The largest absolute Gasteiger partial charge is 0.481 e. The highest BCUT2D eigenvalue weighted by Crippen LogP contribution is 2.10. The van der Waals surface area contributed by atoms with Crippen LogP contribution in [0.3, 0.4) is 0 Å². The minimum atomic E-state index is -0.693. The number of fused-ring (bicyclic) bond motifs is 1. The highest BCUT2D eigenvalue weighted by molar-refractivity contribution is 5.70. The lowest BCUT2D eigenvalue weighted by molar-refractivity contribution is -0.137. The van der Waals surface area contributed by atoms with Crippen LogP contribution in [0.2, 0.25) is 0 Å². The Balaban J connectivity index is 0.000000381. The molecule has 11 nitrogen and oxygen atoms in total. The molecule has 0 unspecified atom stereocenters. The van der Waals surface area contributed by atoms with Gasteiger partial charge in [-0.05, 0) is 32.1 Å². The zero-order valence-electron chi connectivity index (χ0n) is 22.8. The second-order valence-electron chi connectivity index (χ2n) is 9.35. The molecule has 0 amide bonds. The Morgan fingerprint density at radius 3 is 2.18 bits per heavy atom. The molecule has 11 heteroatoms. The zero-order chi connectivity index (χ0) is 28.0. The number of hydrogen-bond acceptors (Lipinski definition) is 8. The maximum Gasteiger partial charge on any atom is 0.303 e. The molecule has 0 radical (unpaired) electrons. The number of anilines is 1. The van der Waals surface area contributed by atoms with Crippen molar-refractivity contribution in [3.8, 4) is 0 Å². The molecule has 6 N–H and O–H groups in total. The first-order chi connectivity index (χ1) is 18.4. The first kappa shape index (κ1) is 33.3. The van der Waals surface area contributed by atoms with E-state index in [1.807, 2.05) is 0 Å². The van der Waals surface area contributed by atoms with Crippen molar-refractivity contribution in [3.05, 3.63) is 28.8 Å². The molecule has 2 heterocycles. The molecule has 0 aliphatic rings. The van der Waals surface area contributed by atoms with E-state index in [1.165, 1.54) is 81.5 Å². The molecule has 0 aliphatic heterocycles. The van der Waals surface area contributed by atoms with E-state index in [-0.39, 0.29) is 37.1 Å². The van der Waals surface area contributed by atoms with Crippen LogP contribution in [-0.2, 0) is 16.3 Å². The summed E-state index contributed by atoms with van der Waals surface area (Å²) in [6.07, 6.45) is 21.9. The van der Waals surface area contributed by atoms with Crippen molar-refractivity contribution >= 4 is 23.1 Å². The van der Waals surface area contributed by atoms with Gasteiger partial charge in [0, 0.05) is 6.42 Å². The fourth-order valence-electron chi connectivity index (χ4n) is 3.76. The summed E-state index contributed by atoms with van der Waals surface area (Å²) in [4.78, 5) is 32.0. The van der Waals surface area contributed by atoms with Gasteiger partial charge in [0.05, 0.1) is 19.5 Å². The summed E-state index contributed by atoms with van der Waals surface area (Å²) in [6, 6.07) is 0. The number of imidazole rings is 1. The summed E-state index contributed by atoms with van der Waals surface area (Å²) in [5.74, 6) is -0.683. The van der Waals surface area contributed by atoms with Crippen LogP contribution in [0, 0.1) is 0 Å². The number of aliphatic carboxylic acids is 1. The van der Waals surface area contributed by atoms with E-state index < -0.39 is 17.6 Å². The third-order valence-corrected chi connectivity index (χ3v) is 6.00. The van der Waals surface area contributed by atoms with Gasteiger partial charge in [-0.15, -0.1) is 0 Å². The van der Waals surface area contributed by atoms with Gasteiger partial charge in [-0.2, -0.15) is 4.98 Å². The van der Waals surface area contributed by atoms with E-state index in [1.54, 1.807) is 0 Å². The molecule has 2 aromatic heterocycles. The van der Waals surface area contributed by atoms with Crippen LogP contribution < -0.4 is 11.3 Å². The highest BCUT2D eigenvalue weighted by Gasteiger charge is 2.11. The monoisotopic (exact) mass is 537 g/mol. The molecule has 0 atom stereocenters. The number of aliphatic hydroxyl groups is 2. The topological polar surface area (TPSA) is 177 Å². The van der Waals surface area contributed by atoms with Gasteiger partial charge in [0.15, 0.2) is 11.2 Å². The third kappa shape index (κ3) is 14.8. The van der Waals surface area contributed by atoms with Gasteiger partial charge >= 0.3 is 5.97 Å². The van der Waals surface area contributed by atoms with Crippen LogP contribution in [0.5, 0.6) is 0 Å². The van der Waals surface area contributed by atoms with Crippen LogP contribution >= 0.6 is 0 Å². The second-order valence-corrected chi connectivity index (χ2v) is 9.35. The maximum atomic E-state index is 11.5. The van der Waals surface area contributed by atoms with E-state index in [2.05, 4.69) is 34.0 Å². The Bertz CT molecular complexity index is 971. The van der Waals surface area contributed by atoms with E-state index in [4.69, 9.17) is 25.8 Å². The van der Waals surface area contributed by atoms with Gasteiger partial charge in [-0.1, -0.05) is 70.4 Å².